The molecule has 0 unspecified atom stereocenters. The zero-order chi connectivity index (χ0) is 15.9. The lowest BCUT2D eigenvalue weighted by atomic mass is 9.97. The minimum Gasteiger partial charge on any atom is -0.357 e. The van der Waals surface area contributed by atoms with Crippen molar-refractivity contribution in [1.82, 2.24) is 4.98 Å². The van der Waals surface area contributed by atoms with Gasteiger partial charge in [-0.15, -0.1) is 0 Å². The Morgan fingerprint density at radius 3 is 2.27 bits per heavy atom. The number of aryl methyl sites for hydroxylation is 1. The standard InChI is InChI=1S/C19H27N3/c1-4-11-22(12-5-2)18-13-15(3)17(14-21-18)19(20)16-9-7-6-8-10-16/h6-10,13-14,19H,4-5,11-12,20H2,1-3H3/t19-/m1/s1. The smallest absolute Gasteiger partial charge is 0.128 e. The highest BCUT2D eigenvalue weighted by atomic mass is 15.2. The van der Waals surface area contributed by atoms with Gasteiger partial charge in [0.25, 0.3) is 0 Å². The summed E-state index contributed by atoms with van der Waals surface area (Å²) < 4.78 is 0. The lowest BCUT2D eigenvalue weighted by Crippen LogP contribution is -2.26. The number of hydrogen-bond donors (Lipinski definition) is 1. The Balaban J connectivity index is 2.25. The van der Waals surface area contributed by atoms with Crippen LogP contribution in [0.5, 0.6) is 0 Å². The Hall–Kier alpha value is -1.87. The Morgan fingerprint density at radius 2 is 1.73 bits per heavy atom. The third-order valence-electron chi connectivity index (χ3n) is 3.94. The first-order valence-electron chi connectivity index (χ1n) is 8.19. The van der Waals surface area contributed by atoms with Gasteiger partial charge in [-0.1, -0.05) is 44.2 Å². The summed E-state index contributed by atoms with van der Waals surface area (Å²) in [5.41, 5.74) is 9.84. The predicted molar refractivity (Wildman–Crippen MR) is 94.2 cm³/mol. The quantitative estimate of drug-likeness (QED) is 0.838. The molecule has 1 aromatic heterocycles. The van der Waals surface area contributed by atoms with Crippen LogP contribution in [0.4, 0.5) is 5.82 Å². The van der Waals surface area contributed by atoms with Gasteiger partial charge in [-0.05, 0) is 42.5 Å². The van der Waals surface area contributed by atoms with Gasteiger partial charge < -0.3 is 10.6 Å². The van der Waals surface area contributed by atoms with E-state index in [0.29, 0.717) is 0 Å². The average Bonchev–Trinajstić information content (AvgIpc) is 2.55. The Labute approximate surface area is 134 Å². The van der Waals surface area contributed by atoms with Gasteiger partial charge in [-0.3, -0.25) is 0 Å². The third-order valence-corrected chi connectivity index (χ3v) is 3.94. The summed E-state index contributed by atoms with van der Waals surface area (Å²) in [5.74, 6) is 1.06. The fourth-order valence-electron chi connectivity index (χ4n) is 2.77. The fraction of sp³-hybridized carbons (Fsp3) is 0.421. The van der Waals surface area contributed by atoms with Gasteiger partial charge in [0.2, 0.25) is 0 Å². The summed E-state index contributed by atoms with van der Waals surface area (Å²) in [4.78, 5) is 7.02. The lowest BCUT2D eigenvalue weighted by Gasteiger charge is -2.24. The van der Waals surface area contributed by atoms with Crippen LogP contribution in [0.1, 0.15) is 49.4 Å². The average molecular weight is 297 g/mol. The molecule has 0 radical (unpaired) electrons. The molecule has 0 bridgehead atoms. The van der Waals surface area contributed by atoms with Crippen molar-refractivity contribution < 1.29 is 0 Å². The number of pyridine rings is 1. The molecule has 0 fully saturated rings. The first-order valence-corrected chi connectivity index (χ1v) is 8.19. The van der Waals surface area contributed by atoms with Gasteiger partial charge in [-0.25, -0.2) is 4.98 Å². The molecule has 0 saturated heterocycles. The van der Waals surface area contributed by atoms with E-state index >= 15 is 0 Å². The van der Waals surface area contributed by atoms with Gasteiger partial charge >= 0.3 is 0 Å². The van der Waals surface area contributed by atoms with Crippen LogP contribution in [0, 0.1) is 6.92 Å². The Morgan fingerprint density at radius 1 is 1.09 bits per heavy atom. The highest BCUT2D eigenvalue weighted by Gasteiger charge is 2.14. The largest absolute Gasteiger partial charge is 0.357 e. The van der Waals surface area contributed by atoms with Gasteiger partial charge in [0.15, 0.2) is 0 Å². The van der Waals surface area contributed by atoms with Crippen LogP contribution in [0.3, 0.4) is 0 Å². The maximum atomic E-state index is 6.41. The Bertz CT molecular complexity index is 574. The van der Waals surface area contributed by atoms with Crippen molar-refractivity contribution in [2.45, 2.75) is 39.7 Å². The van der Waals surface area contributed by atoms with E-state index in [1.165, 1.54) is 5.56 Å². The van der Waals surface area contributed by atoms with Crippen LogP contribution >= 0.6 is 0 Å². The summed E-state index contributed by atoms with van der Waals surface area (Å²) >= 11 is 0. The van der Waals surface area contributed by atoms with Crippen LogP contribution in [0.2, 0.25) is 0 Å². The van der Waals surface area contributed by atoms with Crippen molar-refractivity contribution in [1.29, 1.82) is 0 Å². The van der Waals surface area contributed by atoms with E-state index in [-0.39, 0.29) is 6.04 Å². The van der Waals surface area contributed by atoms with Crippen molar-refractivity contribution in [3.8, 4) is 0 Å². The molecule has 3 heteroatoms. The molecule has 118 valence electrons. The van der Waals surface area contributed by atoms with E-state index in [1.54, 1.807) is 0 Å². The van der Waals surface area contributed by atoms with E-state index in [1.807, 2.05) is 24.4 Å². The topological polar surface area (TPSA) is 42.1 Å². The highest BCUT2D eigenvalue weighted by molar-refractivity contribution is 5.46. The molecule has 1 atom stereocenters. The summed E-state index contributed by atoms with van der Waals surface area (Å²) in [6.45, 7) is 8.62. The number of nitrogens with zero attached hydrogens (tertiary/aromatic N) is 2. The molecule has 22 heavy (non-hydrogen) atoms. The second-order valence-electron chi connectivity index (χ2n) is 5.77. The number of nitrogens with two attached hydrogens (primary N) is 1. The maximum Gasteiger partial charge on any atom is 0.128 e. The molecule has 0 aliphatic carbocycles. The minimum absolute atomic E-state index is 0.117. The molecular formula is C19H27N3. The molecule has 2 rings (SSSR count). The van der Waals surface area contributed by atoms with Gasteiger partial charge in [0, 0.05) is 19.3 Å². The third kappa shape index (κ3) is 3.86. The SMILES string of the molecule is CCCN(CCC)c1cc(C)c([C@H](N)c2ccccc2)cn1. The number of benzene rings is 1. The van der Waals surface area contributed by atoms with E-state index in [0.717, 1.165) is 42.9 Å². The van der Waals surface area contributed by atoms with Crippen molar-refractivity contribution in [2.24, 2.45) is 5.73 Å². The van der Waals surface area contributed by atoms with Gasteiger partial charge in [-0.2, -0.15) is 0 Å². The van der Waals surface area contributed by atoms with Crippen molar-refractivity contribution >= 4 is 5.82 Å². The fourth-order valence-corrected chi connectivity index (χ4v) is 2.77. The van der Waals surface area contributed by atoms with Crippen LogP contribution in [0.15, 0.2) is 42.6 Å². The van der Waals surface area contributed by atoms with E-state index < -0.39 is 0 Å². The van der Waals surface area contributed by atoms with Crippen molar-refractivity contribution in [2.75, 3.05) is 18.0 Å². The number of hydrogen-bond acceptors (Lipinski definition) is 3. The predicted octanol–water partition coefficient (Wildman–Crippen LogP) is 4.06. The number of aromatic nitrogens is 1. The molecule has 2 aromatic rings. The summed E-state index contributed by atoms with van der Waals surface area (Å²) in [5, 5.41) is 0. The summed E-state index contributed by atoms with van der Waals surface area (Å²) in [7, 11) is 0. The van der Waals surface area contributed by atoms with Crippen LogP contribution in [-0.4, -0.2) is 18.1 Å². The summed E-state index contributed by atoms with van der Waals surface area (Å²) in [6, 6.07) is 12.2. The minimum atomic E-state index is -0.117. The van der Waals surface area contributed by atoms with Crippen LogP contribution in [0.25, 0.3) is 0 Å². The Kier molecular flexibility index (Phi) is 5.96. The monoisotopic (exact) mass is 297 g/mol. The zero-order valence-electron chi connectivity index (χ0n) is 13.9. The molecular weight excluding hydrogens is 270 g/mol. The van der Waals surface area contributed by atoms with Crippen molar-refractivity contribution in [3.63, 3.8) is 0 Å². The number of rotatable bonds is 7. The first kappa shape index (κ1) is 16.5. The molecule has 0 aliphatic rings. The van der Waals surface area contributed by atoms with E-state index in [9.17, 15) is 0 Å². The van der Waals surface area contributed by atoms with Crippen molar-refractivity contribution in [3.05, 3.63) is 59.3 Å². The molecule has 0 amide bonds. The van der Waals surface area contributed by atoms with Gasteiger partial charge in [0.1, 0.15) is 5.82 Å². The second-order valence-corrected chi connectivity index (χ2v) is 5.77. The van der Waals surface area contributed by atoms with Crippen LogP contribution < -0.4 is 10.6 Å². The first-order chi connectivity index (χ1) is 10.7. The lowest BCUT2D eigenvalue weighted by molar-refractivity contribution is 0.731. The molecule has 3 nitrogen and oxygen atoms in total. The molecule has 0 saturated carbocycles. The maximum absolute atomic E-state index is 6.41. The van der Waals surface area contributed by atoms with Gasteiger partial charge in [0.05, 0.1) is 6.04 Å². The molecule has 0 aliphatic heterocycles. The zero-order valence-corrected chi connectivity index (χ0v) is 13.9. The molecule has 1 aromatic carbocycles. The molecule has 0 spiro atoms. The summed E-state index contributed by atoms with van der Waals surface area (Å²) in [6.07, 6.45) is 4.21. The van der Waals surface area contributed by atoms with E-state index in [2.05, 4.69) is 48.9 Å². The highest BCUT2D eigenvalue weighted by Crippen LogP contribution is 2.24. The normalized spacial score (nSPS) is 12.2. The van der Waals surface area contributed by atoms with E-state index in [4.69, 9.17) is 5.73 Å². The molecule has 2 N–H and O–H groups in total. The second kappa shape index (κ2) is 7.95. The molecule has 1 heterocycles. The number of anilines is 1. The van der Waals surface area contributed by atoms with Crippen LogP contribution in [-0.2, 0) is 0 Å².